The Morgan fingerprint density at radius 1 is 1.32 bits per heavy atom. The number of para-hydroxylation sites is 1. The number of anilines is 1. The monoisotopic (exact) mass is 579 g/mol. The van der Waals surface area contributed by atoms with E-state index in [-0.39, 0.29) is 23.9 Å². The molecule has 2 fully saturated rings. The minimum absolute atomic E-state index is 0.0771. The number of alkyl halides is 1. The van der Waals surface area contributed by atoms with Crippen LogP contribution in [0.2, 0.25) is 0 Å². The molecule has 1 saturated heterocycles. The van der Waals surface area contributed by atoms with Gasteiger partial charge >= 0.3 is 13.7 Å². The van der Waals surface area contributed by atoms with Gasteiger partial charge in [0.2, 0.25) is 0 Å². The molecule has 5 atom stereocenters. The van der Waals surface area contributed by atoms with Crippen LogP contribution in [0.3, 0.4) is 0 Å². The minimum Gasteiger partial charge on any atom is -0.464 e. The number of benzene rings is 1. The normalized spacial score (nSPS) is 26.9. The van der Waals surface area contributed by atoms with Crippen LogP contribution in [-0.4, -0.2) is 75.0 Å². The zero-order chi connectivity index (χ0) is 28.5. The van der Waals surface area contributed by atoms with Crippen molar-refractivity contribution in [3.05, 3.63) is 54.5 Å². The average molecular weight is 580 g/mol. The van der Waals surface area contributed by atoms with E-state index in [1.165, 1.54) is 42.0 Å². The van der Waals surface area contributed by atoms with E-state index >= 15 is 0 Å². The summed E-state index contributed by atoms with van der Waals surface area (Å²) in [7, 11) is -4.40. The number of nitrogens with two attached hydrogens (primary N) is 1. The second kappa shape index (κ2) is 11.0. The van der Waals surface area contributed by atoms with Gasteiger partial charge in [0.1, 0.15) is 42.0 Å². The molecule has 2 aliphatic rings. The van der Waals surface area contributed by atoms with Gasteiger partial charge in [-0.3, -0.25) is 9.32 Å². The quantitative estimate of drug-likeness (QED) is 0.181. The molecule has 5 rings (SSSR count). The highest BCUT2D eigenvalue weighted by Crippen LogP contribution is 2.48. The Balaban J connectivity index is 1.36. The summed E-state index contributed by atoms with van der Waals surface area (Å²) in [6.07, 6.45) is 1.23. The molecule has 1 aliphatic carbocycles. The first-order valence-corrected chi connectivity index (χ1v) is 14.3. The molecule has 1 aliphatic heterocycles. The summed E-state index contributed by atoms with van der Waals surface area (Å²) in [5, 5.41) is 29.3. The summed E-state index contributed by atoms with van der Waals surface area (Å²) >= 11 is 0. The Bertz CT molecular complexity index is 1410. The molecule has 216 valence electrons. The van der Waals surface area contributed by atoms with Gasteiger partial charge in [-0.15, -0.1) is 0 Å². The van der Waals surface area contributed by atoms with Crippen molar-refractivity contribution in [3.63, 3.8) is 0 Å². The van der Waals surface area contributed by atoms with E-state index in [1.54, 1.807) is 18.2 Å². The second-order valence-electron chi connectivity index (χ2n) is 10.1. The predicted molar refractivity (Wildman–Crippen MR) is 139 cm³/mol. The van der Waals surface area contributed by atoms with E-state index in [4.69, 9.17) is 24.3 Å². The van der Waals surface area contributed by atoms with Gasteiger partial charge < -0.3 is 29.9 Å². The predicted octanol–water partition coefficient (Wildman–Crippen LogP) is 1.73. The zero-order valence-corrected chi connectivity index (χ0v) is 22.6. The number of nitrogens with one attached hydrogen (secondary N) is 1. The average Bonchev–Trinajstić information content (AvgIpc) is 3.61. The lowest BCUT2D eigenvalue weighted by atomic mass is 9.86. The molecule has 0 unspecified atom stereocenters. The largest absolute Gasteiger partial charge is 0.464 e. The highest BCUT2D eigenvalue weighted by atomic mass is 31.2. The number of hydrogen-bond donors (Lipinski definition) is 4. The van der Waals surface area contributed by atoms with Crippen molar-refractivity contribution < 1.29 is 42.5 Å². The summed E-state index contributed by atoms with van der Waals surface area (Å²) in [5.74, 6) is -0.0641. The van der Waals surface area contributed by atoms with Crippen LogP contribution in [0.15, 0.2) is 48.8 Å². The summed E-state index contributed by atoms with van der Waals surface area (Å²) in [6.45, 7) is -0.992. The highest BCUT2D eigenvalue weighted by molar-refractivity contribution is 7.52. The van der Waals surface area contributed by atoms with E-state index < -0.39 is 57.0 Å². The molecule has 0 amide bonds. The molecule has 0 spiro atoms. The molecule has 1 aromatic carbocycles. The molecule has 0 bridgehead atoms. The molecule has 1 saturated carbocycles. The summed E-state index contributed by atoms with van der Waals surface area (Å²) in [5.41, 5.74) is 2.02. The molecule has 2 aromatic heterocycles. The molecule has 13 nitrogen and oxygen atoms in total. The standard InChI is InChI=1S/C25H31FN5O8P/c1-16(22(32)36-11-17-7-8-17)30-40(35,39-18-5-3-2-4-6-18)38-13-24(12-26)23(33)25(34,14-37-24)20-10-9-19-21(27)28-15-29-31(19)20/h2-6,9-10,15-17,23,33-34H,7-8,11-14H2,1H3,(H,30,35)(H2,27,28,29)/t16-,23+,24+,25-,40-/m0/s1. The Morgan fingerprint density at radius 2 is 2.08 bits per heavy atom. The number of halogens is 1. The van der Waals surface area contributed by atoms with Crippen LogP contribution in [0.5, 0.6) is 5.75 Å². The smallest absolute Gasteiger partial charge is 0.459 e. The first-order chi connectivity index (χ1) is 19.1. The number of aliphatic hydroxyl groups is 2. The highest BCUT2D eigenvalue weighted by Gasteiger charge is 2.60. The van der Waals surface area contributed by atoms with Crippen molar-refractivity contribution in [2.75, 3.05) is 32.2 Å². The minimum atomic E-state index is -4.40. The summed E-state index contributed by atoms with van der Waals surface area (Å²) < 4.78 is 51.8. The Morgan fingerprint density at radius 3 is 2.77 bits per heavy atom. The van der Waals surface area contributed by atoms with Crippen molar-refractivity contribution in [2.24, 2.45) is 5.92 Å². The fourth-order valence-corrected chi connectivity index (χ4v) is 5.96. The van der Waals surface area contributed by atoms with Crippen LogP contribution in [0.1, 0.15) is 25.5 Å². The number of hydrogen-bond acceptors (Lipinski definition) is 11. The molecule has 15 heteroatoms. The third-order valence-electron chi connectivity index (χ3n) is 6.99. The summed E-state index contributed by atoms with van der Waals surface area (Å²) in [6, 6.07) is 9.91. The SMILES string of the molecule is C[C@H](N[P@](=O)(OC[C@@]1(CF)OC[C@](O)(c2ccc3c(N)ncnn23)[C@@H]1O)Oc1ccccc1)C(=O)OCC1CC1. The van der Waals surface area contributed by atoms with Crippen molar-refractivity contribution in [2.45, 2.75) is 43.1 Å². The van der Waals surface area contributed by atoms with Crippen LogP contribution in [0.4, 0.5) is 10.2 Å². The lowest BCUT2D eigenvalue weighted by Crippen LogP contribution is -2.53. The van der Waals surface area contributed by atoms with Gasteiger partial charge in [-0.25, -0.2) is 18.5 Å². The molecular formula is C25H31FN5O8P. The first kappa shape index (κ1) is 28.4. The number of rotatable bonds is 12. The Labute approximate surface area is 229 Å². The Kier molecular flexibility index (Phi) is 7.83. The van der Waals surface area contributed by atoms with Gasteiger partial charge in [-0.1, -0.05) is 18.2 Å². The lowest BCUT2D eigenvalue weighted by molar-refractivity contribution is -0.145. The maximum atomic E-state index is 14.6. The molecule has 0 radical (unpaired) electrons. The number of fused-ring (bicyclic) bond motifs is 1. The molecule has 3 heterocycles. The lowest BCUT2D eigenvalue weighted by Gasteiger charge is -2.33. The maximum absolute atomic E-state index is 14.6. The van der Waals surface area contributed by atoms with Crippen LogP contribution < -0.4 is 15.3 Å². The van der Waals surface area contributed by atoms with E-state index in [9.17, 15) is 24.0 Å². The molecular weight excluding hydrogens is 548 g/mol. The third-order valence-corrected chi connectivity index (χ3v) is 8.62. The maximum Gasteiger partial charge on any atom is 0.459 e. The van der Waals surface area contributed by atoms with E-state index in [2.05, 4.69) is 15.2 Å². The molecule has 40 heavy (non-hydrogen) atoms. The first-order valence-electron chi connectivity index (χ1n) is 12.7. The molecule has 3 aromatic rings. The zero-order valence-electron chi connectivity index (χ0n) is 21.7. The number of ether oxygens (including phenoxy) is 2. The van der Waals surface area contributed by atoms with Gasteiger partial charge in [-0.05, 0) is 49.9 Å². The number of aliphatic hydroxyl groups excluding tert-OH is 1. The van der Waals surface area contributed by atoms with Crippen LogP contribution in [-0.2, 0) is 29.0 Å². The van der Waals surface area contributed by atoms with Crippen molar-refractivity contribution >= 4 is 25.1 Å². The number of carbonyl (C=O) groups is 1. The third kappa shape index (κ3) is 5.55. The van der Waals surface area contributed by atoms with Crippen molar-refractivity contribution in [1.29, 1.82) is 0 Å². The number of nitrogens with zero attached hydrogens (tertiary/aromatic N) is 3. The topological polar surface area (TPSA) is 180 Å². The van der Waals surface area contributed by atoms with Gasteiger partial charge in [0.15, 0.2) is 11.4 Å². The van der Waals surface area contributed by atoms with E-state index in [0.717, 1.165) is 12.8 Å². The fraction of sp³-hybridized carbons (Fsp3) is 0.480. The summed E-state index contributed by atoms with van der Waals surface area (Å²) in [4.78, 5) is 16.4. The van der Waals surface area contributed by atoms with Gasteiger partial charge in [-0.2, -0.15) is 10.2 Å². The van der Waals surface area contributed by atoms with Gasteiger partial charge in [0.05, 0.1) is 25.5 Å². The van der Waals surface area contributed by atoms with Gasteiger partial charge in [0, 0.05) is 0 Å². The van der Waals surface area contributed by atoms with E-state index in [1.807, 2.05) is 0 Å². The van der Waals surface area contributed by atoms with Crippen molar-refractivity contribution in [1.82, 2.24) is 19.7 Å². The second-order valence-corrected chi connectivity index (χ2v) is 11.8. The Hall–Kier alpha value is -3.13. The van der Waals surface area contributed by atoms with Crippen LogP contribution in [0, 0.1) is 5.92 Å². The number of esters is 1. The van der Waals surface area contributed by atoms with Crippen LogP contribution >= 0.6 is 7.75 Å². The van der Waals surface area contributed by atoms with Gasteiger partial charge in [0.25, 0.3) is 0 Å². The number of carbonyl (C=O) groups excluding carboxylic acids is 1. The number of nitrogen functional groups attached to an aromatic ring is 1. The van der Waals surface area contributed by atoms with Crippen molar-refractivity contribution in [3.8, 4) is 5.75 Å². The fourth-order valence-electron chi connectivity index (χ4n) is 4.42. The number of aromatic nitrogens is 3. The molecule has 5 N–H and O–H groups in total. The van der Waals surface area contributed by atoms with E-state index in [0.29, 0.717) is 11.4 Å². The van der Waals surface area contributed by atoms with Crippen LogP contribution in [0.25, 0.3) is 5.52 Å².